The van der Waals surface area contributed by atoms with Gasteiger partial charge in [0, 0.05) is 30.4 Å². The predicted octanol–water partition coefficient (Wildman–Crippen LogP) is 3.55. The molecule has 3 heteroatoms. The van der Waals surface area contributed by atoms with Gasteiger partial charge >= 0.3 is 0 Å². The van der Waals surface area contributed by atoms with Gasteiger partial charge in [0.2, 0.25) is 0 Å². The highest BCUT2D eigenvalue weighted by molar-refractivity contribution is 5.95. The average molecular weight is 286 g/mol. The maximum absolute atomic E-state index is 12.9. The second kappa shape index (κ2) is 5.70. The van der Waals surface area contributed by atoms with Gasteiger partial charge in [0.05, 0.1) is 0 Å². The Labute approximate surface area is 127 Å². The molecule has 1 aromatic carbocycles. The van der Waals surface area contributed by atoms with E-state index in [-0.39, 0.29) is 5.91 Å². The Morgan fingerprint density at radius 3 is 2.90 bits per heavy atom. The number of anilines is 1. The summed E-state index contributed by atoms with van der Waals surface area (Å²) in [4.78, 5) is 15.0. The normalized spacial score (nSPS) is 28.7. The lowest BCUT2D eigenvalue weighted by atomic mass is 9.85. The van der Waals surface area contributed by atoms with Crippen molar-refractivity contribution < 1.29 is 4.79 Å². The van der Waals surface area contributed by atoms with Crippen LogP contribution in [0.25, 0.3) is 0 Å². The third kappa shape index (κ3) is 2.78. The third-order valence-electron chi connectivity index (χ3n) is 5.15. The van der Waals surface area contributed by atoms with Crippen molar-refractivity contribution in [3.8, 4) is 0 Å². The largest absolute Gasteiger partial charge is 0.385 e. The number of rotatable bonds is 1. The van der Waals surface area contributed by atoms with Crippen molar-refractivity contribution in [1.82, 2.24) is 4.90 Å². The number of amides is 1. The van der Waals surface area contributed by atoms with Gasteiger partial charge in [0.15, 0.2) is 0 Å². The van der Waals surface area contributed by atoms with Crippen LogP contribution in [-0.2, 0) is 6.42 Å². The molecule has 21 heavy (non-hydrogen) atoms. The van der Waals surface area contributed by atoms with Crippen LogP contribution < -0.4 is 5.32 Å². The lowest BCUT2D eigenvalue weighted by Gasteiger charge is -2.41. The molecule has 1 fully saturated rings. The van der Waals surface area contributed by atoms with Crippen molar-refractivity contribution in [2.24, 2.45) is 11.8 Å². The summed E-state index contributed by atoms with van der Waals surface area (Å²) in [5, 5.41) is 3.41. The first-order valence-corrected chi connectivity index (χ1v) is 8.24. The summed E-state index contributed by atoms with van der Waals surface area (Å²) in [5.41, 5.74) is 3.34. The van der Waals surface area contributed by atoms with Crippen molar-refractivity contribution in [2.45, 2.75) is 46.1 Å². The number of hydrogen-bond acceptors (Lipinski definition) is 2. The van der Waals surface area contributed by atoms with Crippen LogP contribution in [0.15, 0.2) is 18.2 Å². The number of fused-ring (bicyclic) bond motifs is 1. The van der Waals surface area contributed by atoms with E-state index in [4.69, 9.17) is 0 Å². The molecular formula is C18H26N2O. The van der Waals surface area contributed by atoms with Gasteiger partial charge in [0.1, 0.15) is 0 Å². The first kappa shape index (κ1) is 14.4. The van der Waals surface area contributed by atoms with E-state index in [0.717, 1.165) is 31.5 Å². The molecule has 0 bridgehead atoms. The van der Waals surface area contributed by atoms with E-state index in [0.29, 0.717) is 17.9 Å². The topological polar surface area (TPSA) is 32.3 Å². The molecule has 0 aliphatic carbocycles. The van der Waals surface area contributed by atoms with Gasteiger partial charge in [-0.15, -0.1) is 0 Å². The Hall–Kier alpha value is -1.51. The maximum atomic E-state index is 12.9. The summed E-state index contributed by atoms with van der Waals surface area (Å²) in [7, 11) is 0. The first-order chi connectivity index (χ1) is 10.1. The summed E-state index contributed by atoms with van der Waals surface area (Å²) >= 11 is 0. The van der Waals surface area contributed by atoms with E-state index >= 15 is 0 Å². The molecule has 0 saturated carbocycles. The Morgan fingerprint density at radius 1 is 1.29 bits per heavy atom. The van der Waals surface area contributed by atoms with Crippen LogP contribution in [0.3, 0.4) is 0 Å². The number of nitrogens with zero attached hydrogens (tertiary/aromatic N) is 1. The van der Waals surface area contributed by atoms with E-state index < -0.39 is 0 Å². The highest BCUT2D eigenvalue weighted by Crippen LogP contribution is 2.29. The third-order valence-corrected chi connectivity index (χ3v) is 5.15. The molecule has 2 aliphatic heterocycles. The Balaban J connectivity index is 1.84. The minimum atomic E-state index is 0.203. The SMILES string of the molecule is CC1CC(C)C(C)N(C(=O)c2ccc3c(c2)CCCN3)C1. The second-order valence-electron chi connectivity index (χ2n) is 6.92. The van der Waals surface area contributed by atoms with Crippen LogP contribution >= 0.6 is 0 Å². The van der Waals surface area contributed by atoms with Crippen LogP contribution in [0.1, 0.15) is 49.5 Å². The van der Waals surface area contributed by atoms with E-state index in [1.54, 1.807) is 0 Å². The van der Waals surface area contributed by atoms with E-state index in [1.807, 2.05) is 6.07 Å². The number of aryl methyl sites for hydroxylation is 1. The van der Waals surface area contributed by atoms with E-state index in [2.05, 4.69) is 43.1 Å². The predicted molar refractivity (Wildman–Crippen MR) is 86.7 cm³/mol. The van der Waals surface area contributed by atoms with Crippen LogP contribution in [-0.4, -0.2) is 29.9 Å². The second-order valence-corrected chi connectivity index (χ2v) is 6.92. The molecule has 3 atom stereocenters. The highest BCUT2D eigenvalue weighted by atomic mass is 16.2. The summed E-state index contributed by atoms with van der Waals surface area (Å²) in [6.45, 7) is 8.63. The maximum Gasteiger partial charge on any atom is 0.254 e. The number of carbonyl (C=O) groups is 1. The Kier molecular flexibility index (Phi) is 3.92. The lowest BCUT2D eigenvalue weighted by molar-refractivity contribution is 0.0455. The van der Waals surface area contributed by atoms with Gasteiger partial charge in [-0.3, -0.25) is 4.79 Å². The summed E-state index contributed by atoms with van der Waals surface area (Å²) in [5.74, 6) is 1.38. The molecule has 1 amide bonds. The highest BCUT2D eigenvalue weighted by Gasteiger charge is 2.32. The van der Waals surface area contributed by atoms with Crippen LogP contribution in [0.4, 0.5) is 5.69 Å². The number of hydrogen-bond donors (Lipinski definition) is 1. The summed E-state index contributed by atoms with van der Waals surface area (Å²) in [6, 6.07) is 6.49. The van der Waals surface area contributed by atoms with Crippen LogP contribution in [0.5, 0.6) is 0 Å². The molecule has 1 aromatic rings. The molecule has 0 aromatic heterocycles. The lowest BCUT2D eigenvalue weighted by Crippen LogP contribution is -2.48. The number of piperidine rings is 1. The van der Waals surface area contributed by atoms with Crippen molar-refractivity contribution in [1.29, 1.82) is 0 Å². The minimum absolute atomic E-state index is 0.203. The first-order valence-electron chi connectivity index (χ1n) is 8.24. The standard InChI is InChI=1S/C18H26N2O/c1-12-9-13(2)14(3)20(11-12)18(21)16-6-7-17-15(10-16)5-4-8-19-17/h6-7,10,12-14,19H,4-5,8-9,11H2,1-3H3. The van der Waals surface area contributed by atoms with Crippen LogP contribution in [0, 0.1) is 11.8 Å². The quantitative estimate of drug-likeness (QED) is 0.856. The fraction of sp³-hybridized carbons (Fsp3) is 0.611. The number of carbonyl (C=O) groups excluding carboxylic acids is 1. The van der Waals surface area contributed by atoms with Gasteiger partial charge in [-0.05, 0) is 61.8 Å². The average Bonchev–Trinajstić information content (AvgIpc) is 2.49. The number of nitrogens with one attached hydrogen (secondary N) is 1. The van der Waals surface area contributed by atoms with Crippen molar-refractivity contribution in [2.75, 3.05) is 18.4 Å². The van der Waals surface area contributed by atoms with Gasteiger partial charge < -0.3 is 10.2 Å². The zero-order valence-corrected chi connectivity index (χ0v) is 13.4. The summed E-state index contributed by atoms with van der Waals surface area (Å²) < 4.78 is 0. The van der Waals surface area contributed by atoms with E-state index in [1.165, 1.54) is 17.7 Å². The van der Waals surface area contributed by atoms with Gasteiger partial charge in [-0.25, -0.2) is 0 Å². The number of benzene rings is 1. The van der Waals surface area contributed by atoms with Gasteiger partial charge in [-0.2, -0.15) is 0 Å². The number of likely N-dealkylation sites (tertiary alicyclic amines) is 1. The molecule has 2 heterocycles. The minimum Gasteiger partial charge on any atom is -0.385 e. The Morgan fingerprint density at radius 2 is 2.10 bits per heavy atom. The monoisotopic (exact) mass is 286 g/mol. The molecule has 0 radical (unpaired) electrons. The molecule has 3 nitrogen and oxygen atoms in total. The van der Waals surface area contributed by atoms with Crippen LogP contribution in [0.2, 0.25) is 0 Å². The van der Waals surface area contributed by atoms with Crippen molar-refractivity contribution >= 4 is 11.6 Å². The molecule has 1 N–H and O–H groups in total. The van der Waals surface area contributed by atoms with Crippen molar-refractivity contribution in [3.63, 3.8) is 0 Å². The molecule has 3 unspecified atom stereocenters. The van der Waals surface area contributed by atoms with Gasteiger partial charge in [0.25, 0.3) is 5.91 Å². The van der Waals surface area contributed by atoms with E-state index in [9.17, 15) is 4.79 Å². The Bertz CT molecular complexity index is 540. The fourth-order valence-corrected chi connectivity index (χ4v) is 3.76. The zero-order valence-electron chi connectivity index (χ0n) is 13.4. The molecule has 3 rings (SSSR count). The fourth-order valence-electron chi connectivity index (χ4n) is 3.76. The molecule has 2 aliphatic rings. The molecular weight excluding hydrogens is 260 g/mol. The molecule has 1 saturated heterocycles. The molecule has 114 valence electrons. The van der Waals surface area contributed by atoms with Gasteiger partial charge in [-0.1, -0.05) is 13.8 Å². The smallest absolute Gasteiger partial charge is 0.254 e. The molecule has 0 spiro atoms. The summed E-state index contributed by atoms with van der Waals surface area (Å²) in [6.07, 6.45) is 3.45. The van der Waals surface area contributed by atoms with Crippen molar-refractivity contribution in [3.05, 3.63) is 29.3 Å². The zero-order chi connectivity index (χ0) is 15.0.